The van der Waals surface area contributed by atoms with Crippen LogP contribution in [-0.4, -0.2) is 56.2 Å². The number of nitrogens with zero attached hydrogens (tertiary/aromatic N) is 2. The molecule has 4 atom stereocenters. The highest BCUT2D eigenvalue weighted by molar-refractivity contribution is 5.80. The predicted molar refractivity (Wildman–Crippen MR) is 110 cm³/mol. The summed E-state index contributed by atoms with van der Waals surface area (Å²) in [5.41, 5.74) is 1.29. The quantitative estimate of drug-likeness (QED) is 0.632. The van der Waals surface area contributed by atoms with Gasteiger partial charge in [-0.2, -0.15) is 0 Å². The maximum Gasteiger partial charge on any atom is 0.191 e. The van der Waals surface area contributed by atoms with Crippen LogP contribution in [0.3, 0.4) is 0 Å². The van der Waals surface area contributed by atoms with Gasteiger partial charge in [0.1, 0.15) is 0 Å². The van der Waals surface area contributed by atoms with E-state index in [0.717, 1.165) is 37.6 Å². The molecular formula is C22H34N4O. The zero-order valence-electron chi connectivity index (χ0n) is 16.7. The molecule has 1 aromatic rings. The van der Waals surface area contributed by atoms with Gasteiger partial charge in [-0.05, 0) is 44.7 Å². The van der Waals surface area contributed by atoms with Gasteiger partial charge in [0, 0.05) is 44.2 Å². The van der Waals surface area contributed by atoms with E-state index in [9.17, 15) is 0 Å². The van der Waals surface area contributed by atoms with Crippen LogP contribution >= 0.6 is 0 Å². The van der Waals surface area contributed by atoms with E-state index in [1.165, 1.54) is 37.7 Å². The van der Waals surface area contributed by atoms with Crippen molar-refractivity contribution in [3.63, 3.8) is 0 Å². The van der Waals surface area contributed by atoms with E-state index >= 15 is 0 Å². The number of hydrogen-bond donors (Lipinski definition) is 2. The second-order valence-corrected chi connectivity index (χ2v) is 8.42. The third kappa shape index (κ3) is 4.30. The van der Waals surface area contributed by atoms with Crippen molar-refractivity contribution in [1.82, 2.24) is 15.5 Å². The van der Waals surface area contributed by atoms with E-state index in [-0.39, 0.29) is 6.10 Å². The van der Waals surface area contributed by atoms with Crippen LogP contribution in [0.25, 0.3) is 0 Å². The fourth-order valence-electron chi connectivity index (χ4n) is 5.20. The molecule has 27 heavy (non-hydrogen) atoms. The number of guanidine groups is 1. The van der Waals surface area contributed by atoms with Gasteiger partial charge in [0.2, 0.25) is 0 Å². The van der Waals surface area contributed by atoms with Gasteiger partial charge in [0.15, 0.2) is 5.96 Å². The van der Waals surface area contributed by atoms with E-state index in [0.29, 0.717) is 12.0 Å². The molecular weight excluding hydrogens is 336 g/mol. The third-order valence-corrected chi connectivity index (χ3v) is 6.78. The Hall–Kier alpha value is -1.59. The van der Waals surface area contributed by atoms with Crippen molar-refractivity contribution >= 4 is 5.96 Å². The van der Waals surface area contributed by atoms with Crippen LogP contribution in [-0.2, 0) is 4.74 Å². The summed E-state index contributed by atoms with van der Waals surface area (Å²) in [7, 11) is 4.19. The Labute approximate surface area is 163 Å². The van der Waals surface area contributed by atoms with Crippen LogP contribution in [0.5, 0.6) is 0 Å². The molecule has 3 fully saturated rings. The summed E-state index contributed by atoms with van der Waals surface area (Å²) in [5, 5.41) is 7.29. The van der Waals surface area contributed by atoms with Crippen molar-refractivity contribution in [2.24, 2.45) is 10.9 Å². The molecule has 1 aromatic carbocycles. The van der Waals surface area contributed by atoms with Crippen LogP contribution < -0.4 is 10.6 Å². The smallest absolute Gasteiger partial charge is 0.191 e. The molecule has 148 valence electrons. The van der Waals surface area contributed by atoms with Gasteiger partial charge < -0.3 is 20.3 Å². The van der Waals surface area contributed by atoms with Gasteiger partial charge in [-0.1, -0.05) is 36.8 Å². The number of ether oxygens (including phenoxy) is 1. The average molecular weight is 371 g/mol. The second kappa shape index (κ2) is 8.61. The molecule has 0 aliphatic carbocycles. The lowest BCUT2D eigenvalue weighted by atomic mass is 9.82. The van der Waals surface area contributed by atoms with E-state index in [4.69, 9.17) is 4.74 Å². The SMILES string of the molecule is CN=C(NCC1CCOC1c1ccccc1)NC1CC2CCCC(C1)N2C. The molecule has 0 amide bonds. The summed E-state index contributed by atoms with van der Waals surface area (Å²) in [6.45, 7) is 1.75. The summed E-state index contributed by atoms with van der Waals surface area (Å²) in [6, 6.07) is 12.6. The van der Waals surface area contributed by atoms with Crippen molar-refractivity contribution in [3.05, 3.63) is 35.9 Å². The maximum atomic E-state index is 6.02. The minimum absolute atomic E-state index is 0.194. The molecule has 4 rings (SSSR count). The Morgan fingerprint density at radius 1 is 1.15 bits per heavy atom. The summed E-state index contributed by atoms with van der Waals surface area (Å²) in [4.78, 5) is 7.10. The third-order valence-electron chi connectivity index (χ3n) is 6.78. The molecule has 0 saturated carbocycles. The molecule has 0 spiro atoms. The first kappa shape index (κ1) is 18.8. The Bertz CT molecular complexity index is 620. The lowest BCUT2D eigenvalue weighted by Crippen LogP contribution is -2.56. The lowest BCUT2D eigenvalue weighted by Gasteiger charge is -2.47. The molecule has 3 aliphatic rings. The van der Waals surface area contributed by atoms with E-state index < -0.39 is 0 Å². The average Bonchev–Trinajstić information content (AvgIpc) is 3.15. The van der Waals surface area contributed by atoms with Gasteiger partial charge in [0.25, 0.3) is 0 Å². The summed E-state index contributed by atoms with van der Waals surface area (Å²) < 4.78 is 6.02. The van der Waals surface area contributed by atoms with Gasteiger partial charge in [-0.3, -0.25) is 4.99 Å². The zero-order chi connectivity index (χ0) is 18.6. The zero-order valence-corrected chi connectivity index (χ0v) is 16.7. The van der Waals surface area contributed by atoms with Gasteiger partial charge in [0.05, 0.1) is 6.10 Å². The molecule has 0 aromatic heterocycles. The number of aliphatic imine (C=N–C) groups is 1. The molecule has 2 bridgehead atoms. The second-order valence-electron chi connectivity index (χ2n) is 8.42. The highest BCUT2D eigenvalue weighted by Crippen LogP contribution is 2.34. The number of rotatable bonds is 4. The van der Waals surface area contributed by atoms with Crippen molar-refractivity contribution in [1.29, 1.82) is 0 Å². The maximum absolute atomic E-state index is 6.02. The minimum atomic E-state index is 0.194. The summed E-state index contributed by atoms with van der Waals surface area (Å²) >= 11 is 0. The number of benzene rings is 1. The van der Waals surface area contributed by atoms with E-state index in [2.05, 4.69) is 57.9 Å². The topological polar surface area (TPSA) is 48.9 Å². The number of piperidine rings is 2. The molecule has 5 heteroatoms. The fourth-order valence-corrected chi connectivity index (χ4v) is 5.20. The summed E-state index contributed by atoms with van der Waals surface area (Å²) in [6.07, 6.45) is 7.83. The number of fused-ring (bicyclic) bond motifs is 2. The molecule has 2 N–H and O–H groups in total. The molecule has 4 unspecified atom stereocenters. The number of hydrogen-bond acceptors (Lipinski definition) is 3. The number of nitrogens with one attached hydrogen (secondary N) is 2. The molecule has 5 nitrogen and oxygen atoms in total. The van der Waals surface area contributed by atoms with Gasteiger partial charge in [-0.25, -0.2) is 0 Å². The Balaban J connectivity index is 1.31. The van der Waals surface area contributed by atoms with Crippen molar-refractivity contribution < 1.29 is 4.74 Å². The van der Waals surface area contributed by atoms with E-state index in [1.807, 2.05) is 7.05 Å². The van der Waals surface area contributed by atoms with Crippen LogP contribution in [0.15, 0.2) is 35.3 Å². The Morgan fingerprint density at radius 2 is 1.89 bits per heavy atom. The Kier molecular flexibility index (Phi) is 5.98. The molecule has 3 heterocycles. The predicted octanol–water partition coefficient (Wildman–Crippen LogP) is 2.94. The van der Waals surface area contributed by atoms with Crippen molar-refractivity contribution in [3.8, 4) is 0 Å². The highest BCUT2D eigenvalue weighted by atomic mass is 16.5. The van der Waals surface area contributed by atoms with Crippen molar-refractivity contribution in [2.45, 2.75) is 62.8 Å². The largest absolute Gasteiger partial charge is 0.373 e. The Morgan fingerprint density at radius 3 is 2.59 bits per heavy atom. The normalized spacial score (nSPS) is 34.4. The van der Waals surface area contributed by atoms with Crippen LogP contribution in [0.2, 0.25) is 0 Å². The first-order valence-electron chi connectivity index (χ1n) is 10.6. The van der Waals surface area contributed by atoms with Crippen LogP contribution in [0.1, 0.15) is 50.2 Å². The van der Waals surface area contributed by atoms with Gasteiger partial charge >= 0.3 is 0 Å². The molecule has 3 aliphatic heterocycles. The first-order valence-corrected chi connectivity index (χ1v) is 10.6. The van der Waals surface area contributed by atoms with Crippen LogP contribution in [0, 0.1) is 5.92 Å². The van der Waals surface area contributed by atoms with Crippen LogP contribution in [0.4, 0.5) is 0 Å². The fraction of sp³-hybridized carbons (Fsp3) is 0.682. The van der Waals surface area contributed by atoms with Crippen molar-refractivity contribution in [2.75, 3.05) is 27.2 Å². The minimum Gasteiger partial charge on any atom is -0.373 e. The molecule has 0 radical (unpaired) electrons. The monoisotopic (exact) mass is 370 g/mol. The summed E-state index contributed by atoms with van der Waals surface area (Å²) in [5.74, 6) is 1.43. The van der Waals surface area contributed by atoms with E-state index in [1.54, 1.807) is 0 Å². The first-order chi connectivity index (χ1) is 13.2. The van der Waals surface area contributed by atoms with Gasteiger partial charge in [-0.15, -0.1) is 0 Å². The standard InChI is InChI=1S/C22H34N4O/c1-23-22(25-18-13-19-9-6-10-20(14-18)26(19)2)24-15-17-11-12-27-21(17)16-7-4-3-5-8-16/h3-5,7-8,17-21H,6,9-15H2,1-2H3,(H2,23,24,25). The lowest BCUT2D eigenvalue weighted by molar-refractivity contribution is 0.0526. The highest BCUT2D eigenvalue weighted by Gasteiger charge is 2.36. The molecule has 3 saturated heterocycles.